The smallest absolute Gasteiger partial charge is 0.411 e. The highest BCUT2D eigenvalue weighted by molar-refractivity contribution is 5.82. The summed E-state index contributed by atoms with van der Waals surface area (Å²) in [7, 11) is 1.25. The second-order valence-electron chi connectivity index (χ2n) is 5.43. The Bertz CT molecular complexity index is 327. The average Bonchev–Trinajstić information content (AvgIpc) is 2.69. The maximum atomic E-state index is 12.7. The third-order valence-corrected chi connectivity index (χ3v) is 2.71. The van der Waals surface area contributed by atoms with Gasteiger partial charge in [-0.3, -0.25) is 9.29 Å². The Kier molecular flexibility index (Phi) is 4.53. The molecule has 1 heterocycles. The summed E-state index contributed by atoms with van der Waals surface area (Å²) in [5.74, 6) is -0.863. The summed E-state index contributed by atoms with van der Waals surface area (Å²) in [6.45, 7) is 4.83. The van der Waals surface area contributed by atoms with Gasteiger partial charge >= 0.3 is 12.1 Å². The van der Waals surface area contributed by atoms with Crippen molar-refractivity contribution in [3.63, 3.8) is 0 Å². The fraction of sp³-hybridized carbons (Fsp3) is 0.833. The van der Waals surface area contributed by atoms with Crippen LogP contribution in [0.3, 0.4) is 0 Å². The van der Waals surface area contributed by atoms with E-state index in [4.69, 9.17) is 4.74 Å². The van der Waals surface area contributed by atoms with Gasteiger partial charge in [-0.2, -0.15) is 0 Å². The molecule has 2 atom stereocenters. The predicted octanol–water partition coefficient (Wildman–Crippen LogP) is 1.75. The molecule has 1 rings (SSSR count). The standard InChI is InChI=1S/C12H20FNO4/c1-12(2,3)18-11(16)14-7-8(6-13)5-9(14)10(15)17-4/h8-9H,5-7H2,1-4H3/t8-,9+/m0/s1. The van der Waals surface area contributed by atoms with E-state index in [1.165, 1.54) is 12.0 Å². The molecule has 0 aromatic heterocycles. The quantitative estimate of drug-likeness (QED) is 0.711. The van der Waals surface area contributed by atoms with Gasteiger partial charge in [-0.15, -0.1) is 0 Å². The molecule has 0 aromatic rings. The summed E-state index contributed by atoms with van der Waals surface area (Å²) in [5, 5.41) is 0. The van der Waals surface area contributed by atoms with Gasteiger partial charge in [-0.1, -0.05) is 0 Å². The topological polar surface area (TPSA) is 55.8 Å². The van der Waals surface area contributed by atoms with Gasteiger partial charge in [0.2, 0.25) is 0 Å². The van der Waals surface area contributed by atoms with Crippen LogP contribution in [0.4, 0.5) is 9.18 Å². The van der Waals surface area contributed by atoms with Crippen LogP contribution in [0.15, 0.2) is 0 Å². The highest BCUT2D eigenvalue weighted by atomic mass is 19.1. The minimum absolute atomic E-state index is 0.186. The third-order valence-electron chi connectivity index (χ3n) is 2.71. The van der Waals surface area contributed by atoms with Crippen molar-refractivity contribution in [2.75, 3.05) is 20.3 Å². The number of likely N-dealkylation sites (tertiary alicyclic amines) is 1. The van der Waals surface area contributed by atoms with Crippen molar-refractivity contribution < 1.29 is 23.5 Å². The Morgan fingerprint density at radius 3 is 2.44 bits per heavy atom. The maximum Gasteiger partial charge on any atom is 0.411 e. The fourth-order valence-electron chi connectivity index (χ4n) is 1.92. The molecule has 0 unspecified atom stereocenters. The van der Waals surface area contributed by atoms with Gasteiger partial charge in [0.25, 0.3) is 0 Å². The molecule has 18 heavy (non-hydrogen) atoms. The van der Waals surface area contributed by atoms with Crippen molar-refractivity contribution in [2.24, 2.45) is 5.92 Å². The van der Waals surface area contributed by atoms with E-state index in [9.17, 15) is 14.0 Å². The van der Waals surface area contributed by atoms with Crippen molar-refractivity contribution in [2.45, 2.75) is 38.8 Å². The zero-order valence-corrected chi connectivity index (χ0v) is 11.2. The molecule has 1 aliphatic rings. The summed E-state index contributed by atoms with van der Waals surface area (Å²) >= 11 is 0. The number of esters is 1. The summed E-state index contributed by atoms with van der Waals surface area (Å²) in [6, 6.07) is -0.745. The van der Waals surface area contributed by atoms with Crippen molar-refractivity contribution in [3.8, 4) is 0 Å². The number of carbonyl (C=O) groups excluding carboxylic acids is 2. The van der Waals surface area contributed by atoms with Crippen molar-refractivity contribution in [3.05, 3.63) is 0 Å². The number of rotatable bonds is 2. The predicted molar refractivity (Wildman–Crippen MR) is 62.8 cm³/mol. The van der Waals surface area contributed by atoms with Crippen LogP contribution in [0, 0.1) is 5.92 Å². The lowest BCUT2D eigenvalue weighted by molar-refractivity contribution is -0.145. The number of alkyl halides is 1. The minimum Gasteiger partial charge on any atom is -0.467 e. The number of hydrogen-bond acceptors (Lipinski definition) is 4. The Morgan fingerprint density at radius 2 is 2.00 bits per heavy atom. The van der Waals surface area contributed by atoms with Crippen molar-refractivity contribution >= 4 is 12.1 Å². The van der Waals surface area contributed by atoms with E-state index in [0.717, 1.165) is 0 Å². The number of ether oxygens (including phenoxy) is 2. The molecule has 0 saturated carbocycles. The number of nitrogens with zero attached hydrogens (tertiary/aromatic N) is 1. The minimum atomic E-state index is -0.745. The van der Waals surface area contributed by atoms with Gasteiger partial charge in [0.1, 0.15) is 11.6 Å². The highest BCUT2D eigenvalue weighted by Gasteiger charge is 2.42. The lowest BCUT2D eigenvalue weighted by Gasteiger charge is -2.27. The molecular weight excluding hydrogens is 241 g/mol. The van der Waals surface area contributed by atoms with E-state index in [1.54, 1.807) is 20.8 Å². The summed E-state index contributed by atoms with van der Waals surface area (Å²) in [4.78, 5) is 24.7. The SMILES string of the molecule is COC(=O)[C@H]1C[C@@H](CF)CN1C(=O)OC(C)(C)C. The first-order valence-corrected chi connectivity index (χ1v) is 5.92. The lowest BCUT2D eigenvalue weighted by Crippen LogP contribution is -2.43. The molecule has 104 valence electrons. The molecule has 6 heteroatoms. The Morgan fingerprint density at radius 1 is 1.39 bits per heavy atom. The van der Waals surface area contributed by atoms with Crippen LogP contribution in [0.2, 0.25) is 0 Å². The summed E-state index contributed by atoms with van der Waals surface area (Å²) in [6.07, 6.45) is -0.323. The number of hydrogen-bond donors (Lipinski definition) is 0. The molecular formula is C12H20FNO4. The molecule has 1 amide bonds. The van der Waals surface area contributed by atoms with Gasteiger partial charge in [-0.25, -0.2) is 9.59 Å². The molecule has 0 radical (unpaired) electrons. The van der Waals surface area contributed by atoms with Gasteiger partial charge in [0.05, 0.1) is 13.8 Å². The van der Waals surface area contributed by atoms with Crippen LogP contribution in [0.1, 0.15) is 27.2 Å². The highest BCUT2D eigenvalue weighted by Crippen LogP contribution is 2.26. The Balaban J connectivity index is 2.77. The van der Waals surface area contributed by atoms with E-state index in [2.05, 4.69) is 4.74 Å². The van der Waals surface area contributed by atoms with Gasteiger partial charge in [0, 0.05) is 12.5 Å². The van der Waals surface area contributed by atoms with Crippen LogP contribution < -0.4 is 0 Å². The first-order valence-electron chi connectivity index (χ1n) is 5.92. The lowest BCUT2D eigenvalue weighted by atomic mass is 10.1. The zero-order chi connectivity index (χ0) is 13.9. The normalized spacial score (nSPS) is 23.9. The second kappa shape index (κ2) is 5.54. The number of halogens is 1. The number of methoxy groups -OCH3 is 1. The third kappa shape index (κ3) is 3.58. The van der Waals surface area contributed by atoms with Crippen molar-refractivity contribution in [1.29, 1.82) is 0 Å². The fourth-order valence-corrected chi connectivity index (χ4v) is 1.92. The number of carbonyl (C=O) groups is 2. The monoisotopic (exact) mass is 261 g/mol. The first-order chi connectivity index (χ1) is 8.28. The molecule has 1 aliphatic heterocycles. The van der Waals surface area contributed by atoms with Gasteiger partial charge in [-0.05, 0) is 27.2 Å². The van der Waals surface area contributed by atoms with E-state index in [1.807, 2.05) is 0 Å². The van der Waals surface area contributed by atoms with Crippen LogP contribution >= 0.6 is 0 Å². The Hall–Kier alpha value is -1.33. The molecule has 0 bridgehead atoms. The van der Waals surface area contributed by atoms with Crippen LogP contribution in [0.25, 0.3) is 0 Å². The summed E-state index contributed by atoms with van der Waals surface area (Å²) < 4.78 is 22.5. The van der Waals surface area contributed by atoms with E-state index in [0.29, 0.717) is 0 Å². The van der Waals surface area contributed by atoms with Gasteiger partial charge in [0.15, 0.2) is 0 Å². The van der Waals surface area contributed by atoms with E-state index >= 15 is 0 Å². The Labute approximate surface area is 106 Å². The molecule has 1 fully saturated rings. The molecule has 0 spiro atoms. The number of amides is 1. The van der Waals surface area contributed by atoms with E-state index in [-0.39, 0.29) is 18.9 Å². The second-order valence-corrected chi connectivity index (χ2v) is 5.43. The van der Waals surface area contributed by atoms with Crippen LogP contribution in [-0.2, 0) is 14.3 Å². The molecule has 5 nitrogen and oxygen atoms in total. The average molecular weight is 261 g/mol. The van der Waals surface area contributed by atoms with Crippen LogP contribution in [-0.4, -0.2) is 48.9 Å². The maximum absolute atomic E-state index is 12.7. The first kappa shape index (κ1) is 14.7. The van der Waals surface area contributed by atoms with Crippen LogP contribution in [0.5, 0.6) is 0 Å². The summed E-state index contributed by atoms with van der Waals surface area (Å²) in [5.41, 5.74) is -0.647. The molecule has 1 saturated heterocycles. The van der Waals surface area contributed by atoms with Gasteiger partial charge < -0.3 is 9.47 Å². The molecule has 0 aliphatic carbocycles. The molecule has 0 N–H and O–H groups in total. The largest absolute Gasteiger partial charge is 0.467 e. The van der Waals surface area contributed by atoms with Crippen molar-refractivity contribution in [1.82, 2.24) is 4.90 Å². The molecule has 0 aromatic carbocycles. The van der Waals surface area contributed by atoms with E-state index < -0.39 is 30.4 Å². The zero-order valence-electron chi connectivity index (χ0n) is 11.2.